The third-order valence-corrected chi connectivity index (χ3v) is 2.89. The Labute approximate surface area is 91.3 Å². The van der Waals surface area contributed by atoms with Crippen LogP contribution in [0.25, 0.3) is 0 Å². The highest BCUT2D eigenvalue weighted by Crippen LogP contribution is 2.17. The first-order chi connectivity index (χ1) is 7.29. The topological polar surface area (TPSA) is 33.1 Å². The summed E-state index contributed by atoms with van der Waals surface area (Å²) in [6, 6.07) is 2.73. The molecule has 4 heteroatoms. The van der Waals surface area contributed by atoms with Crippen LogP contribution in [0.1, 0.15) is 19.8 Å². The van der Waals surface area contributed by atoms with E-state index < -0.39 is 0 Å². The van der Waals surface area contributed by atoms with Crippen LogP contribution >= 0.6 is 0 Å². The third-order valence-electron chi connectivity index (χ3n) is 2.89. The fourth-order valence-electron chi connectivity index (χ4n) is 2.05. The standard InChI is InChI=1S/C11H20N4/c1-3-6-12-10-4-8-15(9-10)11-5-7-14(2)13-11/h5,7,10,12H,3-4,6,8-9H2,1-2H3. The van der Waals surface area contributed by atoms with Crippen molar-refractivity contribution >= 4 is 5.82 Å². The van der Waals surface area contributed by atoms with Gasteiger partial charge in [-0.2, -0.15) is 5.10 Å². The molecule has 1 N–H and O–H groups in total. The lowest BCUT2D eigenvalue weighted by Gasteiger charge is -2.15. The van der Waals surface area contributed by atoms with Crippen LogP contribution in [0, 0.1) is 0 Å². The molecule has 1 aromatic rings. The van der Waals surface area contributed by atoms with Gasteiger partial charge >= 0.3 is 0 Å². The SMILES string of the molecule is CCCNC1CCN(c2ccn(C)n2)C1. The van der Waals surface area contributed by atoms with Crippen LogP contribution in [-0.2, 0) is 7.05 Å². The van der Waals surface area contributed by atoms with Crippen LogP contribution in [0.2, 0.25) is 0 Å². The lowest BCUT2D eigenvalue weighted by atomic mass is 10.2. The Morgan fingerprint density at radius 3 is 3.13 bits per heavy atom. The van der Waals surface area contributed by atoms with Crippen molar-refractivity contribution < 1.29 is 0 Å². The van der Waals surface area contributed by atoms with E-state index in [4.69, 9.17) is 0 Å². The minimum absolute atomic E-state index is 0.645. The van der Waals surface area contributed by atoms with Crippen LogP contribution in [0.5, 0.6) is 0 Å². The number of anilines is 1. The van der Waals surface area contributed by atoms with Gasteiger partial charge in [-0.15, -0.1) is 0 Å². The van der Waals surface area contributed by atoms with E-state index in [1.807, 2.05) is 17.9 Å². The zero-order chi connectivity index (χ0) is 10.7. The van der Waals surface area contributed by atoms with Crippen molar-refractivity contribution in [1.29, 1.82) is 0 Å². The number of aromatic nitrogens is 2. The average Bonchev–Trinajstić information content (AvgIpc) is 2.83. The maximum atomic E-state index is 4.42. The van der Waals surface area contributed by atoms with E-state index in [1.54, 1.807) is 0 Å². The van der Waals surface area contributed by atoms with Crippen molar-refractivity contribution in [3.05, 3.63) is 12.3 Å². The summed E-state index contributed by atoms with van der Waals surface area (Å²) < 4.78 is 1.86. The zero-order valence-electron chi connectivity index (χ0n) is 9.61. The molecule has 0 bridgehead atoms. The third kappa shape index (κ3) is 2.50. The van der Waals surface area contributed by atoms with Crippen LogP contribution in [0.15, 0.2) is 12.3 Å². The first-order valence-corrected chi connectivity index (χ1v) is 5.77. The van der Waals surface area contributed by atoms with E-state index in [1.165, 1.54) is 12.8 Å². The van der Waals surface area contributed by atoms with Crippen molar-refractivity contribution in [3.63, 3.8) is 0 Å². The number of aryl methyl sites for hydroxylation is 1. The van der Waals surface area contributed by atoms with Gasteiger partial charge in [0.05, 0.1) is 0 Å². The molecule has 0 saturated carbocycles. The van der Waals surface area contributed by atoms with Crippen LogP contribution in [0.3, 0.4) is 0 Å². The first-order valence-electron chi connectivity index (χ1n) is 5.77. The molecule has 1 atom stereocenters. The molecular formula is C11H20N4. The van der Waals surface area contributed by atoms with Gasteiger partial charge in [-0.3, -0.25) is 4.68 Å². The van der Waals surface area contributed by atoms with E-state index in [9.17, 15) is 0 Å². The molecule has 84 valence electrons. The molecule has 1 aliphatic heterocycles. The summed E-state index contributed by atoms with van der Waals surface area (Å²) in [7, 11) is 1.96. The number of nitrogens with one attached hydrogen (secondary N) is 1. The lowest BCUT2D eigenvalue weighted by Crippen LogP contribution is -2.33. The Kier molecular flexibility index (Phi) is 3.26. The summed E-state index contributed by atoms with van der Waals surface area (Å²) in [6.07, 6.45) is 4.44. The molecule has 0 amide bonds. The Hall–Kier alpha value is -1.03. The van der Waals surface area contributed by atoms with E-state index in [0.29, 0.717) is 6.04 Å². The van der Waals surface area contributed by atoms with Gasteiger partial charge in [-0.05, 0) is 19.4 Å². The number of nitrogens with zero attached hydrogens (tertiary/aromatic N) is 3. The second-order valence-electron chi connectivity index (χ2n) is 4.23. The Morgan fingerprint density at radius 1 is 1.60 bits per heavy atom. The van der Waals surface area contributed by atoms with Gasteiger partial charge in [0.1, 0.15) is 0 Å². The van der Waals surface area contributed by atoms with Crippen LogP contribution < -0.4 is 10.2 Å². The molecule has 2 heterocycles. The predicted octanol–water partition coefficient (Wildman–Crippen LogP) is 0.998. The molecule has 15 heavy (non-hydrogen) atoms. The fourth-order valence-corrected chi connectivity index (χ4v) is 2.05. The van der Waals surface area contributed by atoms with Gasteiger partial charge < -0.3 is 10.2 Å². The predicted molar refractivity (Wildman–Crippen MR) is 62.1 cm³/mol. The van der Waals surface area contributed by atoms with Crippen molar-refractivity contribution in [2.45, 2.75) is 25.8 Å². The van der Waals surface area contributed by atoms with Crippen molar-refractivity contribution in [2.24, 2.45) is 7.05 Å². The molecule has 0 spiro atoms. The monoisotopic (exact) mass is 208 g/mol. The van der Waals surface area contributed by atoms with Gasteiger partial charge in [0.15, 0.2) is 5.82 Å². The molecule has 0 aromatic carbocycles. The fraction of sp³-hybridized carbons (Fsp3) is 0.727. The highest BCUT2D eigenvalue weighted by molar-refractivity contribution is 5.38. The maximum absolute atomic E-state index is 4.42. The summed E-state index contributed by atoms with van der Waals surface area (Å²) in [5, 5.41) is 7.98. The number of rotatable bonds is 4. The normalized spacial score (nSPS) is 21.2. The quantitative estimate of drug-likeness (QED) is 0.801. The second kappa shape index (κ2) is 4.66. The van der Waals surface area contributed by atoms with Crippen LogP contribution in [0.4, 0.5) is 5.82 Å². The van der Waals surface area contributed by atoms with Crippen molar-refractivity contribution in [2.75, 3.05) is 24.5 Å². The van der Waals surface area contributed by atoms with Crippen LogP contribution in [-0.4, -0.2) is 35.5 Å². The molecule has 0 radical (unpaired) electrons. The first kappa shape index (κ1) is 10.5. The van der Waals surface area contributed by atoms with Gasteiger partial charge in [0.25, 0.3) is 0 Å². The summed E-state index contributed by atoms with van der Waals surface area (Å²) in [5.74, 6) is 1.11. The molecular weight excluding hydrogens is 188 g/mol. The summed E-state index contributed by atoms with van der Waals surface area (Å²) >= 11 is 0. The van der Waals surface area contributed by atoms with Crippen molar-refractivity contribution in [1.82, 2.24) is 15.1 Å². The minimum Gasteiger partial charge on any atom is -0.354 e. The molecule has 0 aliphatic carbocycles. The molecule has 1 aromatic heterocycles. The van der Waals surface area contributed by atoms with Gasteiger partial charge in [-0.25, -0.2) is 0 Å². The smallest absolute Gasteiger partial charge is 0.150 e. The number of hydrogen-bond acceptors (Lipinski definition) is 3. The maximum Gasteiger partial charge on any atom is 0.150 e. The summed E-state index contributed by atoms with van der Waals surface area (Å²) in [6.45, 7) is 5.55. The lowest BCUT2D eigenvalue weighted by molar-refractivity contribution is 0.549. The van der Waals surface area contributed by atoms with Crippen molar-refractivity contribution in [3.8, 4) is 0 Å². The Balaban J connectivity index is 1.87. The second-order valence-corrected chi connectivity index (χ2v) is 4.23. The van der Waals surface area contributed by atoms with Gasteiger partial charge in [0, 0.05) is 38.4 Å². The van der Waals surface area contributed by atoms with Gasteiger partial charge in [0.2, 0.25) is 0 Å². The highest BCUT2D eigenvalue weighted by atomic mass is 15.3. The molecule has 1 fully saturated rings. The summed E-state index contributed by atoms with van der Waals surface area (Å²) in [5.41, 5.74) is 0. The highest BCUT2D eigenvalue weighted by Gasteiger charge is 2.22. The van der Waals surface area contributed by atoms with E-state index in [-0.39, 0.29) is 0 Å². The Morgan fingerprint density at radius 2 is 2.47 bits per heavy atom. The van der Waals surface area contributed by atoms with E-state index in [2.05, 4.69) is 28.3 Å². The molecule has 4 nitrogen and oxygen atoms in total. The minimum atomic E-state index is 0.645. The van der Waals surface area contributed by atoms with E-state index >= 15 is 0 Å². The molecule has 1 aliphatic rings. The number of hydrogen-bond donors (Lipinski definition) is 1. The molecule has 1 unspecified atom stereocenters. The zero-order valence-corrected chi connectivity index (χ0v) is 9.61. The molecule has 2 rings (SSSR count). The largest absolute Gasteiger partial charge is 0.354 e. The van der Waals surface area contributed by atoms with E-state index in [0.717, 1.165) is 25.5 Å². The Bertz CT molecular complexity index is 307. The molecule has 1 saturated heterocycles. The van der Waals surface area contributed by atoms with Gasteiger partial charge in [-0.1, -0.05) is 6.92 Å². The average molecular weight is 208 g/mol. The summed E-state index contributed by atoms with van der Waals surface area (Å²) in [4.78, 5) is 2.35.